The highest BCUT2D eigenvalue weighted by Crippen LogP contribution is 2.23. The highest BCUT2D eigenvalue weighted by molar-refractivity contribution is 5.73. The molecule has 1 aliphatic rings. The molecule has 0 aromatic carbocycles. The zero-order valence-electron chi connectivity index (χ0n) is 11.2. The molecule has 0 aliphatic carbocycles. The minimum Gasteiger partial charge on any atom is -0.480 e. The Morgan fingerprint density at radius 1 is 1.44 bits per heavy atom. The average Bonchev–Trinajstić information content (AvgIpc) is 2.11. The Labute approximate surface area is 107 Å². The maximum absolute atomic E-state index is 11.6. The molecule has 1 aliphatic heterocycles. The van der Waals surface area contributed by atoms with Crippen LogP contribution in [0.25, 0.3) is 0 Å². The fourth-order valence-corrected chi connectivity index (χ4v) is 1.77. The Hall–Kier alpha value is -1.30. The number of nitrogens with two attached hydrogens (primary N) is 1. The quantitative estimate of drug-likeness (QED) is 0.786. The molecular formula is C12H22N2O4. The lowest BCUT2D eigenvalue weighted by Crippen LogP contribution is -2.51. The van der Waals surface area contributed by atoms with E-state index < -0.39 is 17.6 Å². The van der Waals surface area contributed by atoms with Crippen LogP contribution < -0.4 is 5.73 Å². The molecule has 104 valence electrons. The molecule has 0 aromatic rings. The van der Waals surface area contributed by atoms with Crippen molar-refractivity contribution < 1.29 is 19.4 Å². The molecule has 18 heavy (non-hydrogen) atoms. The van der Waals surface area contributed by atoms with Crippen LogP contribution in [0.3, 0.4) is 0 Å². The molecule has 3 N–H and O–H groups in total. The van der Waals surface area contributed by atoms with Crippen LogP contribution in [-0.4, -0.2) is 46.8 Å². The summed E-state index contributed by atoms with van der Waals surface area (Å²) in [6.07, 6.45) is 0.871. The number of carboxylic acid groups (broad SMARTS) is 1. The van der Waals surface area contributed by atoms with Crippen LogP contribution in [0.4, 0.5) is 4.79 Å². The number of rotatable bonds is 4. The third kappa shape index (κ3) is 4.52. The maximum atomic E-state index is 11.6. The number of hydrogen-bond donors (Lipinski definition) is 2. The summed E-state index contributed by atoms with van der Waals surface area (Å²) in [4.78, 5) is 23.8. The van der Waals surface area contributed by atoms with Gasteiger partial charge in [-0.05, 0) is 39.5 Å². The Morgan fingerprint density at radius 3 is 2.44 bits per heavy atom. The first-order valence-corrected chi connectivity index (χ1v) is 6.15. The standard InChI is InChI=1S/C12H22N2O4/c1-12(2,3)18-11(17)14-6-8(7-14)4-5-9(13)10(15)16/h8-9H,4-7,13H2,1-3H3,(H,15,16)/t9-/m0/s1. The average molecular weight is 258 g/mol. The molecule has 6 heteroatoms. The minimum absolute atomic E-state index is 0.304. The first-order chi connectivity index (χ1) is 8.19. The number of likely N-dealkylation sites (tertiary alicyclic amines) is 1. The van der Waals surface area contributed by atoms with Crippen LogP contribution in [0.5, 0.6) is 0 Å². The van der Waals surface area contributed by atoms with Crippen LogP contribution in [0.15, 0.2) is 0 Å². The molecule has 1 saturated heterocycles. The zero-order valence-corrected chi connectivity index (χ0v) is 11.2. The van der Waals surface area contributed by atoms with Crippen LogP contribution in [0.1, 0.15) is 33.6 Å². The van der Waals surface area contributed by atoms with E-state index in [9.17, 15) is 9.59 Å². The van der Waals surface area contributed by atoms with Gasteiger partial charge in [-0.15, -0.1) is 0 Å². The van der Waals surface area contributed by atoms with E-state index in [1.165, 1.54) is 0 Å². The fourth-order valence-electron chi connectivity index (χ4n) is 1.77. The number of carboxylic acids is 1. The molecule has 1 fully saturated rings. The van der Waals surface area contributed by atoms with E-state index in [1.54, 1.807) is 4.90 Å². The highest BCUT2D eigenvalue weighted by Gasteiger charge is 2.33. The van der Waals surface area contributed by atoms with Gasteiger partial charge in [-0.1, -0.05) is 0 Å². The minimum atomic E-state index is -0.974. The number of carbonyl (C=O) groups excluding carboxylic acids is 1. The third-order valence-corrected chi connectivity index (χ3v) is 2.81. The lowest BCUT2D eigenvalue weighted by atomic mass is 9.93. The Bertz CT molecular complexity index is 319. The number of aliphatic carboxylic acids is 1. The van der Waals surface area contributed by atoms with Gasteiger partial charge in [0.1, 0.15) is 11.6 Å². The van der Waals surface area contributed by atoms with E-state index in [0.717, 1.165) is 6.42 Å². The summed E-state index contributed by atoms with van der Waals surface area (Å²) >= 11 is 0. The van der Waals surface area contributed by atoms with Crippen LogP contribution in [0.2, 0.25) is 0 Å². The lowest BCUT2D eigenvalue weighted by molar-refractivity contribution is -0.138. The van der Waals surface area contributed by atoms with Crippen molar-refractivity contribution >= 4 is 12.1 Å². The molecule has 0 aromatic heterocycles. The van der Waals surface area contributed by atoms with Crippen molar-refractivity contribution in [1.82, 2.24) is 4.90 Å². The van der Waals surface area contributed by atoms with Crippen LogP contribution in [-0.2, 0) is 9.53 Å². The molecule has 1 rings (SSSR count). The van der Waals surface area contributed by atoms with Gasteiger partial charge < -0.3 is 20.5 Å². The summed E-state index contributed by atoms with van der Waals surface area (Å²) in [6.45, 7) is 6.73. The molecular weight excluding hydrogens is 236 g/mol. The van der Waals surface area contributed by atoms with Gasteiger partial charge in [0, 0.05) is 13.1 Å². The molecule has 0 saturated carbocycles. The van der Waals surface area contributed by atoms with Crippen molar-refractivity contribution in [2.24, 2.45) is 11.7 Å². The number of nitrogens with zero attached hydrogens (tertiary/aromatic N) is 1. The van der Waals surface area contributed by atoms with Gasteiger partial charge in [-0.25, -0.2) is 4.79 Å². The van der Waals surface area contributed by atoms with Gasteiger partial charge in [0.2, 0.25) is 0 Å². The number of amides is 1. The Kier molecular flexibility index (Phi) is 4.56. The highest BCUT2D eigenvalue weighted by atomic mass is 16.6. The van der Waals surface area contributed by atoms with E-state index in [-0.39, 0.29) is 6.09 Å². The van der Waals surface area contributed by atoms with Gasteiger partial charge in [0.25, 0.3) is 0 Å². The van der Waals surface area contributed by atoms with E-state index >= 15 is 0 Å². The SMILES string of the molecule is CC(C)(C)OC(=O)N1CC(CC[C@H](N)C(=O)O)C1. The van der Waals surface area contributed by atoms with Gasteiger partial charge in [-0.2, -0.15) is 0 Å². The second-order valence-electron chi connectivity index (χ2n) is 5.77. The van der Waals surface area contributed by atoms with Gasteiger partial charge in [0.15, 0.2) is 0 Å². The topological polar surface area (TPSA) is 92.9 Å². The fraction of sp³-hybridized carbons (Fsp3) is 0.833. The Balaban J connectivity index is 2.20. The summed E-state index contributed by atoms with van der Waals surface area (Å²) in [7, 11) is 0. The van der Waals surface area contributed by atoms with E-state index in [4.69, 9.17) is 15.6 Å². The predicted octanol–water partition coefficient (Wildman–Crippen LogP) is 1.05. The van der Waals surface area contributed by atoms with Gasteiger partial charge in [0.05, 0.1) is 0 Å². The summed E-state index contributed by atoms with van der Waals surface area (Å²) in [5, 5.41) is 8.64. The largest absolute Gasteiger partial charge is 0.480 e. The lowest BCUT2D eigenvalue weighted by Gasteiger charge is -2.40. The first kappa shape index (κ1) is 14.8. The predicted molar refractivity (Wildman–Crippen MR) is 66.1 cm³/mol. The second kappa shape index (κ2) is 5.56. The van der Waals surface area contributed by atoms with Gasteiger partial charge >= 0.3 is 12.1 Å². The maximum Gasteiger partial charge on any atom is 0.410 e. The molecule has 1 heterocycles. The summed E-state index contributed by atoms with van der Waals surface area (Å²) in [6, 6.07) is -0.805. The van der Waals surface area contributed by atoms with Crippen LogP contribution >= 0.6 is 0 Å². The summed E-state index contributed by atoms with van der Waals surface area (Å²) in [5.74, 6) is -0.638. The monoisotopic (exact) mass is 258 g/mol. The normalized spacial score (nSPS) is 18.1. The summed E-state index contributed by atoms with van der Waals surface area (Å²) < 4.78 is 5.22. The molecule has 0 radical (unpaired) electrons. The zero-order chi connectivity index (χ0) is 13.9. The van der Waals surface area contributed by atoms with E-state index in [0.29, 0.717) is 25.4 Å². The first-order valence-electron chi connectivity index (χ1n) is 6.15. The number of ether oxygens (including phenoxy) is 1. The molecule has 0 unspecified atom stereocenters. The van der Waals surface area contributed by atoms with Crippen molar-refractivity contribution in [1.29, 1.82) is 0 Å². The summed E-state index contributed by atoms with van der Waals surface area (Å²) in [5.41, 5.74) is 4.94. The van der Waals surface area contributed by atoms with Crippen molar-refractivity contribution in [3.8, 4) is 0 Å². The van der Waals surface area contributed by atoms with Crippen molar-refractivity contribution in [2.45, 2.75) is 45.3 Å². The molecule has 1 amide bonds. The molecule has 0 spiro atoms. The van der Waals surface area contributed by atoms with Crippen molar-refractivity contribution in [2.75, 3.05) is 13.1 Å². The van der Waals surface area contributed by atoms with E-state index in [1.807, 2.05) is 20.8 Å². The molecule has 1 atom stereocenters. The van der Waals surface area contributed by atoms with Crippen molar-refractivity contribution in [3.63, 3.8) is 0 Å². The van der Waals surface area contributed by atoms with Crippen molar-refractivity contribution in [3.05, 3.63) is 0 Å². The van der Waals surface area contributed by atoms with E-state index in [2.05, 4.69) is 0 Å². The second-order valence-corrected chi connectivity index (χ2v) is 5.77. The number of hydrogen-bond acceptors (Lipinski definition) is 4. The molecule has 0 bridgehead atoms. The third-order valence-electron chi connectivity index (χ3n) is 2.81. The van der Waals surface area contributed by atoms with Gasteiger partial charge in [-0.3, -0.25) is 4.79 Å². The number of carbonyl (C=O) groups is 2. The molecule has 6 nitrogen and oxygen atoms in total. The van der Waals surface area contributed by atoms with Crippen LogP contribution in [0, 0.1) is 5.92 Å². The Morgan fingerprint density at radius 2 is 2.00 bits per heavy atom. The smallest absolute Gasteiger partial charge is 0.410 e.